The molecule has 3 heterocycles. The van der Waals surface area contributed by atoms with Crippen molar-refractivity contribution in [1.82, 2.24) is 14.8 Å². The lowest BCUT2D eigenvalue weighted by Crippen LogP contribution is -2.57. The maximum absolute atomic E-state index is 14.4. The topological polar surface area (TPSA) is 66.7 Å². The molecule has 0 radical (unpaired) electrons. The first-order chi connectivity index (χ1) is 11.6. The van der Waals surface area contributed by atoms with Gasteiger partial charge >= 0.3 is 0 Å². The zero-order valence-corrected chi connectivity index (χ0v) is 14.7. The van der Waals surface area contributed by atoms with E-state index in [9.17, 15) is 18.4 Å². The van der Waals surface area contributed by atoms with Gasteiger partial charge in [0.1, 0.15) is 0 Å². The molecule has 2 aliphatic rings. The van der Waals surface area contributed by atoms with Crippen LogP contribution in [0.1, 0.15) is 42.9 Å². The van der Waals surface area contributed by atoms with E-state index in [4.69, 9.17) is 4.42 Å². The Hall–Kier alpha value is -1.99. The zero-order chi connectivity index (χ0) is 18.4. The van der Waals surface area contributed by atoms with Gasteiger partial charge in [-0.15, -0.1) is 0 Å². The molecule has 1 atom stereocenters. The predicted molar refractivity (Wildman–Crippen MR) is 85.2 cm³/mol. The summed E-state index contributed by atoms with van der Waals surface area (Å²) in [5.74, 6) is -3.79. The van der Waals surface area contributed by atoms with Crippen LogP contribution < -0.4 is 0 Å². The number of hydrogen-bond donors (Lipinski definition) is 0. The molecule has 25 heavy (non-hydrogen) atoms. The summed E-state index contributed by atoms with van der Waals surface area (Å²) in [6.45, 7) is 5.84. The lowest BCUT2D eigenvalue weighted by molar-refractivity contribution is -0.151. The minimum atomic E-state index is -3.11. The molecule has 8 heteroatoms. The number of nitrogens with zero attached hydrogens (tertiary/aromatic N) is 3. The highest BCUT2D eigenvalue weighted by Crippen LogP contribution is 2.46. The Balaban J connectivity index is 1.86. The second-order valence-corrected chi connectivity index (χ2v) is 7.64. The minimum Gasteiger partial charge on any atom is -0.438 e. The molecule has 0 aromatic carbocycles. The highest BCUT2D eigenvalue weighted by atomic mass is 19.3. The molecule has 1 aromatic heterocycles. The summed E-state index contributed by atoms with van der Waals surface area (Å²) in [6, 6.07) is 0. The van der Waals surface area contributed by atoms with Crippen LogP contribution in [0.3, 0.4) is 0 Å². The molecule has 2 amide bonds. The molecule has 2 aliphatic heterocycles. The van der Waals surface area contributed by atoms with Crippen LogP contribution in [0.15, 0.2) is 10.8 Å². The van der Waals surface area contributed by atoms with Gasteiger partial charge in [0, 0.05) is 26.1 Å². The molecule has 6 nitrogen and oxygen atoms in total. The summed E-state index contributed by atoms with van der Waals surface area (Å²) >= 11 is 0. The number of likely N-dealkylation sites (tertiary alicyclic amines) is 2. The molecule has 0 bridgehead atoms. The van der Waals surface area contributed by atoms with Gasteiger partial charge in [0.2, 0.25) is 11.7 Å². The molecule has 0 aliphatic carbocycles. The zero-order valence-electron chi connectivity index (χ0n) is 14.7. The van der Waals surface area contributed by atoms with Crippen molar-refractivity contribution in [3.05, 3.63) is 17.8 Å². The van der Waals surface area contributed by atoms with Crippen molar-refractivity contribution in [2.24, 2.45) is 11.3 Å². The molecule has 2 fully saturated rings. The lowest BCUT2D eigenvalue weighted by Gasteiger charge is -2.42. The Morgan fingerprint density at radius 1 is 1.40 bits per heavy atom. The number of alkyl halides is 2. The third-order valence-electron chi connectivity index (χ3n) is 4.93. The van der Waals surface area contributed by atoms with Crippen molar-refractivity contribution >= 4 is 11.8 Å². The molecule has 1 aromatic rings. The van der Waals surface area contributed by atoms with E-state index in [-0.39, 0.29) is 24.1 Å². The Bertz CT molecular complexity index is 688. The van der Waals surface area contributed by atoms with Gasteiger partial charge in [0.15, 0.2) is 6.39 Å². The average molecular weight is 355 g/mol. The second kappa shape index (κ2) is 6.07. The van der Waals surface area contributed by atoms with E-state index in [2.05, 4.69) is 4.98 Å². The maximum Gasteiger partial charge on any atom is 0.291 e. The van der Waals surface area contributed by atoms with Crippen molar-refractivity contribution < 1.29 is 22.8 Å². The lowest BCUT2D eigenvalue weighted by atomic mass is 9.77. The van der Waals surface area contributed by atoms with Gasteiger partial charge in [-0.05, 0) is 19.3 Å². The predicted octanol–water partition coefficient (Wildman–Crippen LogP) is 2.34. The summed E-state index contributed by atoms with van der Waals surface area (Å²) in [7, 11) is 0. The highest BCUT2D eigenvalue weighted by molar-refractivity contribution is 5.93. The van der Waals surface area contributed by atoms with Crippen LogP contribution in [0.25, 0.3) is 0 Å². The van der Waals surface area contributed by atoms with Gasteiger partial charge in [-0.3, -0.25) is 9.59 Å². The first-order valence-electron chi connectivity index (χ1n) is 8.50. The normalized spacial score (nSPS) is 26.1. The van der Waals surface area contributed by atoms with Gasteiger partial charge in [-0.1, -0.05) is 13.8 Å². The smallest absolute Gasteiger partial charge is 0.291 e. The van der Waals surface area contributed by atoms with Gasteiger partial charge < -0.3 is 14.2 Å². The summed E-state index contributed by atoms with van der Waals surface area (Å²) < 4.78 is 33.9. The van der Waals surface area contributed by atoms with E-state index in [0.717, 1.165) is 11.3 Å². The van der Waals surface area contributed by atoms with Crippen LogP contribution in [0.4, 0.5) is 8.78 Å². The first-order valence-corrected chi connectivity index (χ1v) is 8.50. The second-order valence-electron chi connectivity index (χ2n) is 7.64. The van der Waals surface area contributed by atoms with Crippen LogP contribution in [0.5, 0.6) is 0 Å². The molecule has 0 saturated carbocycles. The first kappa shape index (κ1) is 17.8. The van der Waals surface area contributed by atoms with Gasteiger partial charge in [-0.25, -0.2) is 13.8 Å². The number of oxazole rings is 1. The molecular weight excluding hydrogens is 332 g/mol. The van der Waals surface area contributed by atoms with Crippen LogP contribution in [0, 0.1) is 18.3 Å². The van der Waals surface area contributed by atoms with E-state index in [1.807, 2.05) is 13.8 Å². The largest absolute Gasteiger partial charge is 0.438 e. The summed E-state index contributed by atoms with van der Waals surface area (Å²) in [4.78, 5) is 32.0. The van der Waals surface area contributed by atoms with Gasteiger partial charge in [-0.2, -0.15) is 0 Å². The maximum atomic E-state index is 14.4. The number of piperidine rings is 1. The quantitative estimate of drug-likeness (QED) is 0.835. The summed E-state index contributed by atoms with van der Waals surface area (Å²) in [5.41, 5.74) is -0.854. The van der Waals surface area contributed by atoms with Crippen molar-refractivity contribution in [2.45, 2.75) is 39.5 Å². The number of aryl methyl sites for hydroxylation is 1. The van der Waals surface area contributed by atoms with Crippen molar-refractivity contribution in [3.63, 3.8) is 0 Å². The number of hydrogen-bond acceptors (Lipinski definition) is 4. The molecule has 2 saturated heterocycles. The average Bonchev–Trinajstić information content (AvgIpc) is 3.04. The number of amides is 2. The fourth-order valence-corrected chi connectivity index (χ4v) is 3.92. The minimum absolute atomic E-state index is 0.00497. The molecule has 0 unspecified atom stereocenters. The number of carbonyl (C=O) groups is 2. The Labute approximate surface area is 145 Å². The van der Waals surface area contributed by atoms with Crippen LogP contribution in [0.2, 0.25) is 0 Å². The van der Waals surface area contributed by atoms with E-state index in [1.165, 1.54) is 0 Å². The number of aromatic nitrogens is 1. The standard InChI is InChI=1S/C17H23F2N3O3/c1-11(2)6-21-5-4-16(15(21)24)7-17(18,19)9-22(8-16)14(23)13-12(3)20-10-25-13/h10-11H,4-9H2,1-3H3/t16-/m1/s1. The Morgan fingerprint density at radius 3 is 2.72 bits per heavy atom. The van der Waals surface area contributed by atoms with Gasteiger partial charge in [0.05, 0.1) is 17.7 Å². The SMILES string of the molecule is Cc1ncoc1C(=O)N1CC(F)(F)C[C@]2(CCN(CC(C)C)C2=O)C1. The fourth-order valence-electron chi connectivity index (χ4n) is 3.92. The van der Waals surface area contributed by atoms with E-state index < -0.39 is 30.2 Å². The molecule has 1 spiro atoms. The number of rotatable bonds is 3. The number of halogens is 2. The molecule has 0 N–H and O–H groups in total. The highest BCUT2D eigenvalue weighted by Gasteiger charge is 2.57. The van der Waals surface area contributed by atoms with Crippen LogP contribution in [-0.4, -0.2) is 58.7 Å². The molecule has 3 rings (SSSR count). The third kappa shape index (κ3) is 3.26. The van der Waals surface area contributed by atoms with Crippen LogP contribution in [-0.2, 0) is 4.79 Å². The van der Waals surface area contributed by atoms with Crippen molar-refractivity contribution in [2.75, 3.05) is 26.2 Å². The molecular formula is C17H23F2N3O3. The monoisotopic (exact) mass is 355 g/mol. The van der Waals surface area contributed by atoms with E-state index >= 15 is 0 Å². The summed E-state index contributed by atoms with van der Waals surface area (Å²) in [6.07, 6.45) is 0.950. The number of carbonyl (C=O) groups excluding carboxylic acids is 2. The van der Waals surface area contributed by atoms with Crippen LogP contribution >= 0.6 is 0 Å². The fraction of sp³-hybridized carbons (Fsp3) is 0.706. The van der Waals surface area contributed by atoms with E-state index in [1.54, 1.807) is 11.8 Å². The Kier molecular flexibility index (Phi) is 4.33. The molecule has 138 valence electrons. The van der Waals surface area contributed by atoms with Crippen molar-refractivity contribution in [3.8, 4) is 0 Å². The Morgan fingerprint density at radius 2 is 2.12 bits per heavy atom. The summed E-state index contributed by atoms with van der Waals surface area (Å²) in [5, 5.41) is 0. The van der Waals surface area contributed by atoms with Crippen molar-refractivity contribution in [1.29, 1.82) is 0 Å². The third-order valence-corrected chi connectivity index (χ3v) is 4.93. The van der Waals surface area contributed by atoms with E-state index in [0.29, 0.717) is 25.2 Å². The van der Waals surface area contributed by atoms with Gasteiger partial charge in [0.25, 0.3) is 11.8 Å².